The maximum Gasteiger partial charge on any atom is 0.309 e. The first-order chi connectivity index (χ1) is 11.9. The minimum Gasteiger partial charge on any atom is -0.462 e. The Morgan fingerprint density at radius 2 is 2.04 bits per heavy atom. The van der Waals surface area contributed by atoms with Crippen molar-refractivity contribution < 1.29 is 14.4 Å². The van der Waals surface area contributed by atoms with Gasteiger partial charge in [0, 0.05) is 12.1 Å². The average Bonchev–Trinajstić information content (AvgIpc) is 3.08. The number of rotatable bonds is 3. The minimum absolute atomic E-state index is 0.0137. The van der Waals surface area contributed by atoms with E-state index in [1.807, 2.05) is 6.21 Å². The van der Waals surface area contributed by atoms with Crippen molar-refractivity contribution in [3.63, 3.8) is 0 Å². The molecule has 3 aliphatic carbocycles. The van der Waals surface area contributed by atoms with E-state index < -0.39 is 0 Å². The third-order valence-corrected chi connectivity index (χ3v) is 8.34. The van der Waals surface area contributed by atoms with Crippen LogP contribution in [0.3, 0.4) is 0 Å². The Kier molecular flexibility index (Phi) is 4.01. The summed E-state index contributed by atoms with van der Waals surface area (Å²) in [5, 5.41) is 4.20. The molecule has 1 aliphatic heterocycles. The zero-order valence-corrected chi connectivity index (χ0v) is 15.8. The molecule has 25 heavy (non-hydrogen) atoms. The van der Waals surface area contributed by atoms with E-state index in [4.69, 9.17) is 9.57 Å². The highest BCUT2D eigenvalue weighted by Gasteiger charge is 2.60. The largest absolute Gasteiger partial charge is 0.462 e. The molecule has 2 bridgehead atoms. The van der Waals surface area contributed by atoms with Crippen LogP contribution in [0.5, 0.6) is 0 Å². The van der Waals surface area contributed by atoms with Gasteiger partial charge in [-0.3, -0.25) is 4.79 Å². The lowest BCUT2D eigenvalue weighted by molar-refractivity contribution is -0.146. The van der Waals surface area contributed by atoms with Crippen LogP contribution in [-0.2, 0) is 14.4 Å². The van der Waals surface area contributed by atoms with Crippen LogP contribution < -0.4 is 0 Å². The van der Waals surface area contributed by atoms with Crippen LogP contribution in [0.2, 0.25) is 0 Å². The summed E-state index contributed by atoms with van der Waals surface area (Å²) in [7, 11) is 1.61. The van der Waals surface area contributed by atoms with E-state index in [0.29, 0.717) is 17.8 Å². The summed E-state index contributed by atoms with van der Waals surface area (Å²) in [5.41, 5.74) is 1.63. The molecule has 0 aromatic carbocycles. The first-order valence-electron chi connectivity index (χ1n) is 9.85. The lowest BCUT2D eigenvalue weighted by Gasteiger charge is -2.53. The quantitative estimate of drug-likeness (QED) is 0.331. The highest BCUT2D eigenvalue weighted by atomic mass is 16.6. The van der Waals surface area contributed by atoms with Gasteiger partial charge in [-0.15, -0.1) is 0 Å². The zero-order valence-electron chi connectivity index (χ0n) is 15.8. The molecule has 7 atom stereocenters. The second-order valence-electron chi connectivity index (χ2n) is 9.22. The molecule has 0 spiro atoms. The van der Waals surface area contributed by atoms with Crippen molar-refractivity contribution in [2.24, 2.45) is 39.7 Å². The summed E-state index contributed by atoms with van der Waals surface area (Å²) in [6, 6.07) is 0. The summed E-state index contributed by atoms with van der Waals surface area (Å²) in [6.45, 7) is 9.11. The van der Waals surface area contributed by atoms with Crippen molar-refractivity contribution in [3.8, 4) is 0 Å². The van der Waals surface area contributed by atoms with Gasteiger partial charge in [0.2, 0.25) is 0 Å². The predicted molar refractivity (Wildman–Crippen MR) is 97.0 cm³/mol. The third-order valence-electron chi connectivity index (χ3n) is 8.34. The van der Waals surface area contributed by atoms with E-state index >= 15 is 0 Å². The van der Waals surface area contributed by atoms with Crippen LogP contribution in [0.4, 0.5) is 0 Å². The molecule has 4 unspecified atom stereocenters. The molecule has 4 nitrogen and oxygen atoms in total. The van der Waals surface area contributed by atoms with Gasteiger partial charge in [-0.2, -0.15) is 0 Å². The third kappa shape index (κ3) is 2.39. The summed E-state index contributed by atoms with van der Waals surface area (Å²) in [6.07, 6.45) is 9.83. The fourth-order valence-electron chi connectivity index (χ4n) is 6.67. The molecule has 0 amide bonds. The monoisotopic (exact) mass is 345 g/mol. The number of esters is 1. The SMILES string of the molecule is C=C1CCC2C(C=NOC)C([C@@]3(C)CC[C@H]4C[C@@H]3C(=O)O4)CCC12C. The van der Waals surface area contributed by atoms with Gasteiger partial charge in [0.05, 0.1) is 5.92 Å². The topological polar surface area (TPSA) is 47.9 Å². The number of carbonyl (C=O) groups excluding carboxylic acids is 1. The zero-order chi connectivity index (χ0) is 17.8. The number of ether oxygens (including phenoxy) is 1. The van der Waals surface area contributed by atoms with Crippen LogP contribution >= 0.6 is 0 Å². The van der Waals surface area contributed by atoms with Gasteiger partial charge in [-0.05, 0) is 67.6 Å². The second-order valence-corrected chi connectivity index (χ2v) is 9.22. The molecule has 138 valence electrons. The van der Waals surface area contributed by atoms with Gasteiger partial charge in [0.1, 0.15) is 13.2 Å². The molecule has 4 rings (SSSR count). The summed E-state index contributed by atoms with van der Waals surface area (Å²) >= 11 is 0. The van der Waals surface area contributed by atoms with Crippen molar-refractivity contribution in [3.05, 3.63) is 12.2 Å². The predicted octanol–water partition coefficient (Wildman–Crippen LogP) is 4.35. The molecule has 0 aromatic heterocycles. The molecule has 0 aromatic rings. The maximum absolute atomic E-state index is 12.5. The van der Waals surface area contributed by atoms with E-state index in [1.165, 1.54) is 18.4 Å². The number of hydrogen-bond donors (Lipinski definition) is 0. The van der Waals surface area contributed by atoms with Gasteiger partial charge in [-0.25, -0.2) is 0 Å². The second kappa shape index (κ2) is 5.85. The molecule has 0 N–H and O–H groups in total. The van der Waals surface area contributed by atoms with Crippen molar-refractivity contribution in [2.45, 2.75) is 64.9 Å². The van der Waals surface area contributed by atoms with Gasteiger partial charge in [0.25, 0.3) is 0 Å². The molecule has 4 aliphatic rings. The molecule has 3 saturated carbocycles. The van der Waals surface area contributed by atoms with Gasteiger partial charge >= 0.3 is 5.97 Å². The van der Waals surface area contributed by atoms with Crippen LogP contribution in [0.1, 0.15) is 58.8 Å². The number of fused-ring (bicyclic) bond motifs is 3. The van der Waals surface area contributed by atoms with Crippen LogP contribution in [0.15, 0.2) is 17.3 Å². The molecule has 1 heterocycles. The average molecular weight is 345 g/mol. The van der Waals surface area contributed by atoms with Gasteiger partial charge in [0.15, 0.2) is 0 Å². The van der Waals surface area contributed by atoms with E-state index in [9.17, 15) is 4.79 Å². The highest BCUT2D eigenvalue weighted by molar-refractivity contribution is 5.76. The standard InChI is InChI=1S/C21H31NO3/c1-13-5-6-16-15(12-22-24-4)17(8-10-20(13,16)2)21(3)9-7-14-11-18(21)19(23)25-14/h12,14-18H,1,5-11H2,2-4H3/t14-,15?,16?,17?,18+,20?,21+/m0/s1. The number of allylic oxidation sites excluding steroid dienone is 1. The first-order valence-corrected chi connectivity index (χ1v) is 9.85. The Balaban J connectivity index is 1.69. The van der Waals surface area contributed by atoms with Crippen molar-refractivity contribution in [1.29, 1.82) is 0 Å². The van der Waals surface area contributed by atoms with Gasteiger partial charge < -0.3 is 9.57 Å². The van der Waals surface area contributed by atoms with Crippen LogP contribution in [0.25, 0.3) is 0 Å². The molecule has 4 fully saturated rings. The van der Waals surface area contributed by atoms with Crippen molar-refractivity contribution >= 4 is 12.2 Å². The van der Waals surface area contributed by atoms with Crippen molar-refractivity contribution in [1.82, 2.24) is 0 Å². The Bertz CT molecular complexity index is 614. The number of oxime groups is 1. The molecular weight excluding hydrogens is 314 g/mol. The summed E-state index contributed by atoms with van der Waals surface area (Å²) in [5.74, 6) is 1.48. The fraction of sp³-hybridized carbons (Fsp3) is 0.810. The Hall–Kier alpha value is -1.32. The Morgan fingerprint density at radius 1 is 1.24 bits per heavy atom. The smallest absolute Gasteiger partial charge is 0.309 e. The highest BCUT2D eigenvalue weighted by Crippen LogP contribution is 2.64. The number of carbonyl (C=O) groups is 1. The number of nitrogens with zero attached hydrogens (tertiary/aromatic N) is 1. The van der Waals surface area contributed by atoms with Crippen LogP contribution in [-0.4, -0.2) is 25.4 Å². The lowest BCUT2D eigenvalue weighted by atomic mass is 9.50. The lowest BCUT2D eigenvalue weighted by Crippen LogP contribution is -2.50. The van der Waals surface area contributed by atoms with E-state index in [2.05, 4.69) is 25.6 Å². The number of hydrogen-bond acceptors (Lipinski definition) is 4. The maximum atomic E-state index is 12.5. The molecular formula is C21H31NO3. The molecule has 1 saturated heterocycles. The summed E-state index contributed by atoms with van der Waals surface area (Å²) in [4.78, 5) is 17.5. The van der Waals surface area contributed by atoms with E-state index in [0.717, 1.165) is 32.1 Å². The summed E-state index contributed by atoms with van der Waals surface area (Å²) < 4.78 is 5.60. The Labute approximate surface area is 151 Å². The van der Waals surface area contributed by atoms with E-state index in [-0.39, 0.29) is 28.8 Å². The molecule has 0 radical (unpaired) electrons. The van der Waals surface area contributed by atoms with Crippen molar-refractivity contribution in [2.75, 3.05) is 7.11 Å². The molecule has 4 heteroatoms. The first kappa shape index (κ1) is 17.1. The minimum atomic E-state index is 0.0137. The van der Waals surface area contributed by atoms with Crippen LogP contribution in [0, 0.1) is 34.5 Å². The normalized spacial score (nSPS) is 49.3. The van der Waals surface area contributed by atoms with Gasteiger partial charge in [-0.1, -0.05) is 31.2 Å². The van der Waals surface area contributed by atoms with E-state index in [1.54, 1.807) is 7.11 Å². The Morgan fingerprint density at radius 3 is 2.80 bits per heavy atom. The fourth-order valence-corrected chi connectivity index (χ4v) is 6.67.